The number of nitrogens with zero attached hydrogens (tertiary/aromatic N) is 1. The Kier molecular flexibility index (Phi) is 5.47. The number of hydrogen-bond donors (Lipinski definition) is 1. The topological polar surface area (TPSA) is 74.7 Å². The molecule has 17 heavy (non-hydrogen) atoms. The summed E-state index contributed by atoms with van der Waals surface area (Å²) in [6, 6.07) is 0. The Morgan fingerprint density at radius 2 is 2.00 bits per heavy atom. The van der Waals surface area contributed by atoms with Gasteiger partial charge in [0.15, 0.2) is 0 Å². The highest BCUT2D eigenvalue weighted by molar-refractivity contribution is 7.99. The van der Waals surface area contributed by atoms with Crippen LogP contribution in [0.4, 0.5) is 0 Å². The maximum Gasteiger partial charge on any atom is 0.304 e. The lowest BCUT2D eigenvalue weighted by atomic mass is 10.1. The fourth-order valence-electron chi connectivity index (χ4n) is 1.75. The molecule has 0 bridgehead atoms. The Bertz CT molecular complexity index is 303. The van der Waals surface area contributed by atoms with Crippen molar-refractivity contribution in [2.24, 2.45) is 0 Å². The highest BCUT2D eigenvalue weighted by Gasteiger charge is 2.31. The fourth-order valence-corrected chi connectivity index (χ4v) is 2.93. The molecule has 0 radical (unpaired) electrons. The maximum atomic E-state index is 11.7. The first-order valence-electron chi connectivity index (χ1n) is 5.74. The van der Waals surface area contributed by atoms with E-state index in [4.69, 9.17) is 5.11 Å². The molecule has 0 saturated carbocycles. The summed E-state index contributed by atoms with van der Waals surface area (Å²) in [7, 11) is 0. The predicted octanol–water partition coefficient (Wildman–Crippen LogP) is 1.47. The molecule has 5 nitrogen and oxygen atoms in total. The molecule has 6 heteroatoms. The number of carboxylic acids is 1. The van der Waals surface area contributed by atoms with Gasteiger partial charge in [-0.05, 0) is 12.8 Å². The first-order chi connectivity index (χ1) is 8.06. The Balaban J connectivity index is 2.55. The third kappa shape index (κ3) is 4.03. The van der Waals surface area contributed by atoms with Crippen LogP contribution in [-0.2, 0) is 14.4 Å². The summed E-state index contributed by atoms with van der Waals surface area (Å²) in [6.45, 7) is 1.90. The highest BCUT2D eigenvalue weighted by atomic mass is 32.2. The minimum absolute atomic E-state index is 0.0530. The van der Waals surface area contributed by atoms with Gasteiger partial charge in [0.2, 0.25) is 11.8 Å². The second-order valence-corrected chi connectivity index (χ2v) is 5.17. The molecule has 2 amide bonds. The van der Waals surface area contributed by atoms with Gasteiger partial charge in [-0.1, -0.05) is 6.92 Å². The van der Waals surface area contributed by atoms with E-state index in [9.17, 15) is 14.4 Å². The molecule has 1 aliphatic rings. The number of hydrogen-bond acceptors (Lipinski definition) is 4. The molecular weight excluding hydrogens is 242 g/mol. The molecule has 0 aromatic carbocycles. The predicted molar refractivity (Wildman–Crippen MR) is 64.5 cm³/mol. The largest absolute Gasteiger partial charge is 0.481 e. The zero-order valence-electron chi connectivity index (χ0n) is 9.85. The summed E-state index contributed by atoms with van der Waals surface area (Å²) in [5.41, 5.74) is 0. The molecule has 1 N–H and O–H groups in total. The summed E-state index contributed by atoms with van der Waals surface area (Å²) >= 11 is 1.37. The van der Waals surface area contributed by atoms with Gasteiger partial charge in [-0.15, -0.1) is 11.8 Å². The Labute approximate surface area is 105 Å². The molecule has 1 fully saturated rings. The van der Waals surface area contributed by atoms with E-state index in [-0.39, 0.29) is 23.6 Å². The number of likely N-dealkylation sites (tertiary alicyclic amines) is 1. The third-order valence-corrected chi connectivity index (χ3v) is 3.95. The zero-order chi connectivity index (χ0) is 12.8. The molecule has 0 spiro atoms. The average molecular weight is 259 g/mol. The van der Waals surface area contributed by atoms with E-state index in [1.165, 1.54) is 16.7 Å². The van der Waals surface area contributed by atoms with Gasteiger partial charge in [0.25, 0.3) is 0 Å². The van der Waals surface area contributed by atoms with Crippen LogP contribution in [0.2, 0.25) is 0 Å². The van der Waals surface area contributed by atoms with Crippen LogP contribution >= 0.6 is 11.8 Å². The van der Waals surface area contributed by atoms with Crippen molar-refractivity contribution in [3.8, 4) is 0 Å². The summed E-state index contributed by atoms with van der Waals surface area (Å²) in [6.07, 6.45) is 2.17. The standard InChI is InChI=1S/C11H17NO4S/c1-2-10(17-7-6-11(15)16)12-8(13)4-3-5-9(12)14/h10H,2-7H2,1H3,(H,15,16). The molecular formula is C11H17NO4S. The molecule has 0 aliphatic carbocycles. The SMILES string of the molecule is CCC(SCCC(=O)O)N1C(=O)CCCC1=O. The number of carboxylic acid groups (broad SMARTS) is 1. The van der Waals surface area contributed by atoms with Gasteiger partial charge in [0, 0.05) is 18.6 Å². The van der Waals surface area contributed by atoms with Gasteiger partial charge in [-0.2, -0.15) is 0 Å². The first-order valence-corrected chi connectivity index (χ1v) is 6.79. The number of carbonyl (C=O) groups is 3. The van der Waals surface area contributed by atoms with Gasteiger partial charge in [-0.3, -0.25) is 19.3 Å². The summed E-state index contributed by atoms with van der Waals surface area (Å²) in [5.74, 6) is -0.694. The number of imide groups is 1. The van der Waals surface area contributed by atoms with Crippen molar-refractivity contribution < 1.29 is 19.5 Å². The van der Waals surface area contributed by atoms with Crippen LogP contribution < -0.4 is 0 Å². The summed E-state index contributed by atoms with van der Waals surface area (Å²) in [4.78, 5) is 35.1. The Hall–Kier alpha value is -1.04. The van der Waals surface area contributed by atoms with Crippen LogP contribution in [0.15, 0.2) is 0 Å². The number of thioether (sulfide) groups is 1. The Morgan fingerprint density at radius 3 is 2.47 bits per heavy atom. The van der Waals surface area contributed by atoms with Crippen molar-refractivity contribution in [2.75, 3.05) is 5.75 Å². The van der Waals surface area contributed by atoms with Crippen molar-refractivity contribution in [2.45, 2.75) is 44.4 Å². The maximum absolute atomic E-state index is 11.7. The number of piperidine rings is 1. The minimum Gasteiger partial charge on any atom is -0.481 e. The molecule has 1 saturated heterocycles. The lowest BCUT2D eigenvalue weighted by Gasteiger charge is -2.31. The minimum atomic E-state index is -0.858. The van der Waals surface area contributed by atoms with Crippen molar-refractivity contribution in [3.05, 3.63) is 0 Å². The molecule has 1 atom stereocenters. The van der Waals surface area contributed by atoms with Crippen molar-refractivity contribution >= 4 is 29.5 Å². The van der Waals surface area contributed by atoms with E-state index < -0.39 is 5.97 Å². The fraction of sp³-hybridized carbons (Fsp3) is 0.727. The Morgan fingerprint density at radius 1 is 1.41 bits per heavy atom. The van der Waals surface area contributed by atoms with Crippen molar-refractivity contribution in [1.29, 1.82) is 0 Å². The van der Waals surface area contributed by atoms with Crippen LogP contribution in [0.1, 0.15) is 39.0 Å². The average Bonchev–Trinajstić information content (AvgIpc) is 2.26. The lowest BCUT2D eigenvalue weighted by Crippen LogP contribution is -2.45. The van der Waals surface area contributed by atoms with Gasteiger partial charge in [0.1, 0.15) is 0 Å². The second kappa shape index (κ2) is 6.64. The van der Waals surface area contributed by atoms with E-state index in [0.717, 1.165) is 0 Å². The molecule has 1 rings (SSSR count). The zero-order valence-corrected chi connectivity index (χ0v) is 10.7. The smallest absolute Gasteiger partial charge is 0.304 e. The summed E-state index contributed by atoms with van der Waals surface area (Å²) in [5, 5.41) is 8.34. The van der Waals surface area contributed by atoms with E-state index in [0.29, 0.717) is 31.4 Å². The van der Waals surface area contributed by atoms with E-state index in [2.05, 4.69) is 0 Å². The van der Waals surface area contributed by atoms with Crippen LogP contribution in [0.25, 0.3) is 0 Å². The van der Waals surface area contributed by atoms with Gasteiger partial charge >= 0.3 is 5.97 Å². The third-order valence-electron chi connectivity index (χ3n) is 2.58. The molecule has 96 valence electrons. The number of amides is 2. The first kappa shape index (κ1) is 14.0. The van der Waals surface area contributed by atoms with Crippen LogP contribution in [0.3, 0.4) is 0 Å². The monoisotopic (exact) mass is 259 g/mol. The normalized spacial score (nSPS) is 18.3. The molecule has 1 unspecified atom stereocenters. The number of aliphatic carboxylic acids is 1. The lowest BCUT2D eigenvalue weighted by molar-refractivity contribution is -0.148. The molecule has 0 aromatic heterocycles. The number of carbonyl (C=O) groups excluding carboxylic acids is 2. The van der Waals surface area contributed by atoms with E-state index >= 15 is 0 Å². The van der Waals surface area contributed by atoms with Crippen molar-refractivity contribution in [3.63, 3.8) is 0 Å². The molecule has 1 aliphatic heterocycles. The van der Waals surface area contributed by atoms with Gasteiger partial charge in [-0.25, -0.2) is 0 Å². The van der Waals surface area contributed by atoms with Crippen molar-refractivity contribution in [1.82, 2.24) is 4.90 Å². The highest BCUT2D eigenvalue weighted by Crippen LogP contribution is 2.25. The van der Waals surface area contributed by atoms with E-state index in [1.54, 1.807) is 0 Å². The van der Waals surface area contributed by atoms with Gasteiger partial charge < -0.3 is 5.11 Å². The van der Waals surface area contributed by atoms with Crippen LogP contribution in [0, 0.1) is 0 Å². The van der Waals surface area contributed by atoms with Crippen LogP contribution in [0.5, 0.6) is 0 Å². The number of rotatable bonds is 6. The quantitative estimate of drug-likeness (QED) is 0.731. The van der Waals surface area contributed by atoms with Gasteiger partial charge in [0.05, 0.1) is 11.8 Å². The second-order valence-electron chi connectivity index (χ2n) is 3.89. The van der Waals surface area contributed by atoms with E-state index in [1.807, 2.05) is 6.92 Å². The summed E-state index contributed by atoms with van der Waals surface area (Å²) < 4.78 is 0. The molecule has 0 aromatic rings. The van der Waals surface area contributed by atoms with Crippen LogP contribution in [-0.4, -0.2) is 38.9 Å². The molecule has 1 heterocycles.